The maximum atomic E-state index is 13.9. The summed E-state index contributed by atoms with van der Waals surface area (Å²) in [7, 11) is 0. The first-order valence-corrected chi connectivity index (χ1v) is 6.81. The predicted octanol–water partition coefficient (Wildman–Crippen LogP) is 5.07. The van der Waals surface area contributed by atoms with Gasteiger partial charge in [-0.05, 0) is 29.8 Å². The number of hydrogen-bond donors (Lipinski definition) is 0. The van der Waals surface area contributed by atoms with Crippen LogP contribution >= 0.6 is 27.5 Å². The molecule has 0 fully saturated rings. The first-order chi connectivity index (χ1) is 8.59. The molecule has 0 aliphatic rings. The number of alkyl halides is 1. The Labute approximate surface area is 119 Å². The quantitative estimate of drug-likeness (QED) is 0.717. The number of pyridine rings is 1. The molecule has 0 bridgehead atoms. The Morgan fingerprint density at radius 2 is 1.89 bits per heavy atom. The summed E-state index contributed by atoms with van der Waals surface area (Å²) in [5.74, 6) is -0.268. The summed E-state index contributed by atoms with van der Waals surface area (Å²) in [5.41, 5.74) is 1.57. The highest BCUT2D eigenvalue weighted by Gasteiger charge is 2.21. The smallest absolute Gasteiger partial charge is 0.129 e. The Hall–Kier alpha value is -0.930. The molecule has 0 saturated heterocycles. The minimum Gasteiger partial charge on any atom is -0.265 e. The van der Waals surface area contributed by atoms with Gasteiger partial charge in [0.2, 0.25) is 0 Å². The van der Waals surface area contributed by atoms with Gasteiger partial charge >= 0.3 is 0 Å². The van der Waals surface area contributed by atoms with Crippen molar-refractivity contribution in [3.63, 3.8) is 0 Å². The normalized spacial score (nSPS) is 14.2. The van der Waals surface area contributed by atoms with E-state index in [1.165, 1.54) is 6.07 Å². The van der Waals surface area contributed by atoms with Crippen LogP contribution in [0.25, 0.3) is 0 Å². The Morgan fingerprint density at radius 3 is 2.50 bits per heavy atom. The van der Waals surface area contributed by atoms with E-state index in [0.29, 0.717) is 10.0 Å². The number of halogens is 3. The molecule has 18 heavy (non-hydrogen) atoms. The van der Waals surface area contributed by atoms with Gasteiger partial charge in [-0.25, -0.2) is 4.39 Å². The number of aromatic nitrogens is 1. The Bertz CT molecular complexity index is 533. The SMILES string of the molecule is CC(c1ccncc1)C(Cl)c1ccc(Br)cc1F. The third-order valence-corrected chi connectivity index (χ3v) is 4.04. The van der Waals surface area contributed by atoms with Crippen molar-refractivity contribution in [3.8, 4) is 0 Å². The molecule has 0 N–H and O–H groups in total. The van der Waals surface area contributed by atoms with Crippen LogP contribution in [-0.2, 0) is 0 Å². The first-order valence-electron chi connectivity index (χ1n) is 5.58. The van der Waals surface area contributed by atoms with Gasteiger partial charge in [0.25, 0.3) is 0 Å². The van der Waals surface area contributed by atoms with E-state index in [0.717, 1.165) is 5.56 Å². The van der Waals surface area contributed by atoms with Gasteiger partial charge in [0.1, 0.15) is 5.82 Å². The molecule has 1 nitrogen and oxygen atoms in total. The zero-order valence-electron chi connectivity index (χ0n) is 9.78. The van der Waals surface area contributed by atoms with Crippen LogP contribution in [0.1, 0.15) is 29.3 Å². The minimum absolute atomic E-state index is 0.0188. The fourth-order valence-electron chi connectivity index (χ4n) is 1.83. The molecule has 94 valence electrons. The topological polar surface area (TPSA) is 12.9 Å². The summed E-state index contributed by atoms with van der Waals surface area (Å²) < 4.78 is 14.6. The van der Waals surface area contributed by atoms with E-state index in [-0.39, 0.29) is 11.7 Å². The fraction of sp³-hybridized carbons (Fsp3) is 0.214. The second-order valence-corrected chi connectivity index (χ2v) is 5.52. The van der Waals surface area contributed by atoms with Gasteiger partial charge in [0.15, 0.2) is 0 Å². The lowest BCUT2D eigenvalue weighted by Crippen LogP contribution is -2.04. The van der Waals surface area contributed by atoms with Crippen molar-refractivity contribution in [1.29, 1.82) is 0 Å². The Morgan fingerprint density at radius 1 is 1.22 bits per heavy atom. The summed E-state index contributed by atoms with van der Waals surface area (Å²) in [6, 6.07) is 8.75. The molecular weight excluding hydrogens is 317 g/mol. The van der Waals surface area contributed by atoms with Gasteiger partial charge in [-0.1, -0.05) is 28.9 Å². The van der Waals surface area contributed by atoms with E-state index in [2.05, 4.69) is 20.9 Å². The number of hydrogen-bond acceptors (Lipinski definition) is 1. The van der Waals surface area contributed by atoms with E-state index in [9.17, 15) is 4.39 Å². The molecule has 0 aliphatic heterocycles. The molecule has 2 unspecified atom stereocenters. The van der Waals surface area contributed by atoms with Gasteiger partial charge in [-0.15, -0.1) is 11.6 Å². The monoisotopic (exact) mass is 327 g/mol. The third kappa shape index (κ3) is 2.90. The van der Waals surface area contributed by atoms with Crippen molar-refractivity contribution in [1.82, 2.24) is 4.98 Å². The van der Waals surface area contributed by atoms with Crippen molar-refractivity contribution < 1.29 is 4.39 Å². The van der Waals surface area contributed by atoms with Crippen molar-refractivity contribution in [3.05, 3.63) is 64.1 Å². The molecule has 1 aromatic heterocycles. The van der Waals surface area contributed by atoms with Crippen molar-refractivity contribution in [2.45, 2.75) is 18.2 Å². The molecule has 2 aromatic rings. The van der Waals surface area contributed by atoms with Crippen LogP contribution in [0.5, 0.6) is 0 Å². The standard InChI is InChI=1S/C14H12BrClFN/c1-9(10-4-6-18-7-5-10)14(16)12-3-2-11(15)8-13(12)17/h2-9,14H,1H3. The fourth-order valence-corrected chi connectivity index (χ4v) is 2.49. The van der Waals surface area contributed by atoms with Gasteiger partial charge in [-0.3, -0.25) is 4.98 Å². The van der Waals surface area contributed by atoms with Crippen molar-refractivity contribution in [2.75, 3.05) is 0 Å². The van der Waals surface area contributed by atoms with E-state index < -0.39 is 5.38 Å². The van der Waals surface area contributed by atoms with Gasteiger partial charge < -0.3 is 0 Å². The van der Waals surface area contributed by atoms with E-state index in [1.54, 1.807) is 24.5 Å². The molecule has 1 heterocycles. The van der Waals surface area contributed by atoms with Gasteiger partial charge in [0.05, 0.1) is 5.38 Å². The van der Waals surface area contributed by atoms with Crippen molar-refractivity contribution in [2.24, 2.45) is 0 Å². The molecule has 0 aliphatic carbocycles. The van der Waals surface area contributed by atoms with Crippen molar-refractivity contribution >= 4 is 27.5 Å². The second-order valence-electron chi connectivity index (χ2n) is 4.14. The van der Waals surface area contributed by atoms with Crippen LogP contribution in [0, 0.1) is 5.82 Å². The summed E-state index contributed by atoms with van der Waals surface area (Å²) in [5, 5.41) is -0.402. The highest BCUT2D eigenvalue weighted by molar-refractivity contribution is 9.10. The lowest BCUT2D eigenvalue weighted by molar-refractivity contribution is 0.591. The van der Waals surface area contributed by atoms with Crippen LogP contribution < -0.4 is 0 Å². The van der Waals surface area contributed by atoms with Crippen LogP contribution in [0.2, 0.25) is 0 Å². The van der Waals surface area contributed by atoms with E-state index in [4.69, 9.17) is 11.6 Å². The Balaban J connectivity index is 2.28. The molecule has 0 radical (unpaired) electrons. The molecule has 0 spiro atoms. The van der Waals surface area contributed by atoms with E-state index >= 15 is 0 Å². The molecule has 1 aromatic carbocycles. The maximum Gasteiger partial charge on any atom is 0.129 e. The number of rotatable bonds is 3. The van der Waals surface area contributed by atoms with Crippen LogP contribution in [0.3, 0.4) is 0 Å². The second kappa shape index (κ2) is 5.81. The summed E-state index contributed by atoms with van der Waals surface area (Å²) >= 11 is 9.61. The van der Waals surface area contributed by atoms with Crippen LogP contribution in [0.4, 0.5) is 4.39 Å². The largest absolute Gasteiger partial charge is 0.265 e. The molecular formula is C14H12BrClFN. The van der Waals surface area contributed by atoms with Gasteiger partial charge in [-0.2, -0.15) is 0 Å². The van der Waals surface area contributed by atoms with Gasteiger partial charge in [0, 0.05) is 28.3 Å². The predicted molar refractivity (Wildman–Crippen MR) is 75.3 cm³/mol. The minimum atomic E-state index is -0.402. The Kier molecular flexibility index (Phi) is 4.36. The number of nitrogens with zero attached hydrogens (tertiary/aromatic N) is 1. The maximum absolute atomic E-state index is 13.9. The summed E-state index contributed by atoms with van der Waals surface area (Å²) in [6.07, 6.45) is 3.43. The lowest BCUT2D eigenvalue weighted by Gasteiger charge is -2.19. The van der Waals surface area contributed by atoms with Crippen LogP contribution in [-0.4, -0.2) is 4.98 Å². The van der Waals surface area contributed by atoms with E-state index in [1.807, 2.05) is 19.1 Å². The average Bonchev–Trinajstić information content (AvgIpc) is 2.38. The highest BCUT2D eigenvalue weighted by Crippen LogP contribution is 2.37. The molecule has 0 amide bonds. The summed E-state index contributed by atoms with van der Waals surface area (Å²) in [4.78, 5) is 3.97. The first kappa shape index (κ1) is 13.5. The molecule has 0 saturated carbocycles. The number of benzene rings is 1. The zero-order valence-corrected chi connectivity index (χ0v) is 12.1. The molecule has 4 heteroatoms. The molecule has 2 rings (SSSR count). The van der Waals surface area contributed by atoms with Crippen LogP contribution in [0.15, 0.2) is 47.2 Å². The highest BCUT2D eigenvalue weighted by atomic mass is 79.9. The zero-order chi connectivity index (χ0) is 13.1. The average molecular weight is 329 g/mol. The molecule has 2 atom stereocenters. The summed E-state index contributed by atoms with van der Waals surface area (Å²) in [6.45, 7) is 1.98. The lowest BCUT2D eigenvalue weighted by atomic mass is 9.94. The third-order valence-electron chi connectivity index (χ3n) is 2.93.